The number of carboxylic acids is 1. The average Bonchev–Trinajstić information content (AvgIpc) is 2.16. The second-order valence-corrected chi connectivity index (χ2v) is 3.99. The minimum absolute atomic E-state index is 0.226. The molecular formula is C10H19NO3. The van der Waals surface area contributed by atoms with Crippen LogP contribution in [0.15, 0.2) is 0 Å². The van der Waals surface area contributed by atoms with Gasteiger partial charge in [0.25, 0.3) is 0 Å². The highest BCUT2D eigenvalue weighted by Crippen LogP contribution is 2.14. The summed E-state index contributed by atoms with van der Waals surface area (Å²) in [6, 6.07) is 0. The molecule has 0 aliphatic carbocycles. The van der Waals surface area contributed by atoms with E-state index >= 15 is 0 Å². The highest BCUT2D eigenvalue weighted by molar-refractivity contribution is 5.66. The highest BCUT2D eigenvalue weighted by atomic mass is 16.5. The van der Waals surface area contributed by atoms with Gasteiger partial charge in [0.2, 0.25) is 0 Å². The maximum Gasteiger partial charge on any atom is 0.304 e. The van der Waals surface area contributed by atoms with Crippen LogP contribution in [-0.2, 0) is 9.53 Å². The highest BCUT2D eigenvalue weighted by Gasteiger charge is 2.15. The zero-order valence-electron chi connectivity index (χ0n) is 8.74. The van der Waals surface area contributed by atoms with Crippen LogP contribution >= 0.6 is 0 Å². The number of rotatable bonds is 5. The normalized spacial score (nSPS) is 22.6. The zero-order valence-corrected chi connectivity index (χ0v) is 8.74. The first-order valence-corrected chi connectivity index (χ1v) is 5.16. The molecule has 1 saturated heterocycles. The van der Waals surface area contributed by atoms with Crippen LogP contribution in [-0.4, -0.2) is 49.3 Å². The fourth-order valence-electron chi connectivity index (χ4n) is 1.77. The van der Waals surface area contributed by atoms with Crippen LogP contribution in [0.25, 0.3) is 0 Å². The van der Waals surface area contributed by atoms with Crippen molar-refractivity contribution in [1.82, 2.24) is 4.90 Å². The molecule has 0 saturated carbocycles. The van der Waals surface area contributed by atoms with Gasteiger partial charge in [-0.25, -0.2) is 0 Å². The summed E-state index contributed by atoms with van der Waals surface area (Å²) in [7, 11) is 1.97. The predicted molar refractivity (Wildman–Crippen MR) is 53.3 cm³/mol. The van der Waals surface area contributed by atoms with E-state index in [0.29, 0.717) is 12.5 Å². The SMILES string of the molecule is CN(CCC(=O)O)CC1CCCOC1. The lowest BCUT2D eigenvalue weighted by Gasteiger charge is -2.26. The van der Waals surface area contributed by atoms with Gasteiger partial charge in [-0.2, -0.15) is 0 Å². The van der Waals surface area contributed by atoms with Gasteiger partial charge in [0.05, 0.1) is 13.0 Å². The Morgan fingerprint density at radius 3 is 3.00 bits per heavy atom. The minimum atomic E-state index is -0.725. The smallest absolute Gasteiger partial charge is 0.304 e. The number of carbonyl (C=O) groups is 1. The van der Waals surface area contributed by atoms with Gasteiger partial charge < -0.3 is 14.7 Å². The lowest BCUT2D eigenvalue weighted by atomic mass is 10.0. The molecular weight excluding hydrogens is 182 g/mol. The Labute approximate surface area is 84.8 Å². The summed E-state index contributed by atoms with van der Waals surface area (Å²) in [6.45, 7) is 3.30. The predicted octanol–water partition coefficient (Wildman–Crippen LogP) is 0.819. The lowest BCUT2D eigenvalue weighted by molar-refractivity contribution is -0.137. The summed E-state index contributed by atoms with van der Waals surface area (Å²) in [6.07, 6.45) is 2.57. The molecule has 1 unspecified atom stereocenters. The summed E-state index contributed by atoms with van der Waals surface area (Å²) in [5.74, 6) is -0.140. The van der Waals surface area contributed by atoms with Crippen molar-refractivity contribution in [3.63, 3.8) is 0 Å². The van der Waals surface area contributed by atoms with E-state index in [4.69, 9.17) is 9.84 Å². The van der Waals surface area contributed by atoms with E-state index in [1.807, 2.05) is 7.05 Å². The molecule has 1 rings (SSSR count). The van der Waals surface area contributed by atoms with E-state index in [1.54, 1.807) is 0 Å². The first kappa shape index (κ1) is 11.5. The van der Waals surface area contributed by atoms with E-state index in [2.05, 4.69) is 4.90 Å². The van der Waals surface area contributed by atoms with Gasteiger partial charge in [0.1, 0.15) is 0 Å². The largest absolute Gasteiger partial charge is 0.481 e. The van der Waals surface area contributed by atoms with Gasteiger partial charge in [-0.05, 0) is 25.8 Å². The van der Waals surface area contributed by atoms with Crippen LogP contribution < -0.4 is 0 Å². The van der Waals surface area contributed by atoms with Crippen molar-refractivity contribution < 1.29 is 14.6 Å². The van der Waals surface area contributed by atoms with Crippen molar-refractivity contribution in [3.05, 3.63) is 0 Å². The number of ether oxygens (including phenoxy) is 1. The van der Waals surface area contributed by atoms with Gasteiger partial charge in [0, 0.05) is 19.7 Å². The van der Waals surface area contributed by atoms with Crippen LogP contribution in [0, 0.1) is 5.92 Å². The number of hydrogen-bond donors (Lipinski definition) is 1. The maximum absolute atomic E-state index is 10.3. The average molecular weight is 201 g/mol. The van der Waals surface area contributed by atoms with Crippen molar-refractivity contribution in [2.75, 3.05) is 33.4 Å². The standard InChI is InChI=1S/C10H19NO3/c1-11(5-4-10(12)13)7-9-3-2-6-14-8-9/h9H,2-8H2,1H3,(H,12,13). The van der Waals surface area contributed by atoms with Crippen LogP contribution in [0.3, 0.4) is 0 Å². The first-order chi connectivity index (χ1) is 6.68. The molecule has 0 bridgehead atoms. The minimum Gasteiger partial charge on any atom is -0.481 e. The third kappa shape index (κ3) is 4.58. The zero-order chi connectivity index (χ0) is 10.4. The van der Waals surface area contributed by atoms with E-state index in [9.17, 15) is 4.79 Å². The molecule has 1 aliphatic heterocycles. The van der Waals surface area contributed by atoms with E-state index in [1.165, 1.54) is 6.42 Å². The van der Waals surface area contributed by atoms with Crippen LogP contribution in [0.1, 0.15) is 19.3 Å². The Balaban J connectivity index is 2.11. The summed E-state index contributed by atoms with van der Waals surface area (Å²) < 4.78 is 5.37. The topological polar surface area (TPSA) is 49.8 Å². The Morgan fingerprint density at radius 1 is 1.64 bits per heavy atom. The first-order valence-electron chi connectivity index (χ1n) is 5.16. The lowest BCUT2D eigenvalue weighted by Crippen LogP contribution is -2.32. The van der Waals surface area contributed by atoms with Crippen molar-refractivity contribution >= 4 is 5.97 Å². The molecule has 0 spiro atoms. The second-order valence-electron chi connectivity index (χ2n) is 3.99. The molecule has 0 radical (unpaired) electrons. The van der Waals surface area contributed by atoms with Crippen LogP contribution in [0.5, 0.6) is 0 Å². The number of nitrogens with zero attached hydrogens (tertiary/aromatic N) is 1. The molecule has 4 nitrogen and oxygen atoms in total. The molecule has 0 amide bonds. The number of hydrogen-bond acceptors (Lipinski definition) is 3. The summed E-state index contributed by atoms with van der Waals surface area (Å²) in [5, 5.41) is 8.52. The molecule has 1 atom stereocenters. The number of carboxylic acid groups (broad SMARTS) is 1. The Bertz CT molecular complexity index is 178. The van der Waals surface area contributed by atoms with Gasteiger partial charge in [-0.3, -0.25) is 4.79 Å². The summed E-state index contributed by atoms with van der Waals surface area (Å²) in [4.78, 5) is 12.4. The molecule has 1 N–H and O–H groups in total. The van der Waals surface area contributed by atoms with Crippen LogP contribution in [0.4, 0.5) is 0 Å². The molecule has 14 heavy (non-hydrogen) atoms. The molecule has 1 aliphatic rings. The van der Waals surface area contributed by atoms with Crippen molar-refractivity contribution in [2.24, 2.45) is 5.92 Å². The van der Waals surface area contributed by atoms with Crippen molar-refractivity contribution in [2.45, 2.75) is 19.3 Å². The third-order valence-electron chi connectivity index (χ3n) is 2.53. The van der Waals surface area contributed by atoms with Gasteiger partial charge in [-0.15, -0.1) is 0 Å². The van der Waals surface area contributed by atoms with Crippen LogP contribution in [0.2, 0.25) is 0 Å². The molecule has 4 heteroatoms. The van der Waals surface area contributed by atoms with Crippen molar-refractivity contribution in [1.29, 1.82) is 0 Å². The molecule has 0 aromatic carbocycles. The Kier molecular flexibility index (Phi) is 4.90. The summed E-state index contributed by atoms with van der Waals surface area (Å²) in [5.41, 5.74) is 0. The van der Waals surface area contributed by atoms with Crippen molar-refractivity contribution in [3.8, 4) is 0 Å². The molecule has 82 valence electrons. The van der Waals surface area contributed by atoms with E-state index in [-0.39, 0.29) is 6.42 Å². The quantitative estimate of drug-likeness (QED) is 0.715. The van der Waals surface area contributed by atoms with Gasteiger partial charge in [-0.1, -0.05) is 0 Å². The second kappa shape index (κ2) is 5.98. The fourth-order valence-corrected chi connectivity index (χ4v) is 1.77. The monoisotopic (exact) mass is 201 g/mol. The fraction of sp³-hybridized carbons (Fsp3) is 0.900. The van der Waals surface area contributed by atoms with E-state index in [0.717, 1.165) is 26.2 Å². The molecule has 1 heterocycles. The molecule has 0 aromatic heterocycles. The molecule has 0 aromatic rings. The molecule has 1 fully saturated rings. The Hall–Kier alpha value is -0.610. The van der Waals surface area contributed by atoms with E-state index < -0.39 is 5.97 Å². The number of aliphatic carboxylic acids is 1. The van der Waals surface area contributed by atoms with Gasteiger partial charge >= 0.3 is 5.97 Å². The van der Waals surface area contributed by atoms with Gasteiger partial charge in [0.15, 0.2) is 0 Å². The third-order valence-corrected chi connectivity index (χ3v) is 2.53. The Morgan fingerprint density at radius 2 is 2.43 bits per heavy atom. The summed E-state index contributed by atoms with van der Waals surface area (Å²) >= 11 is 0. The maximum atomic E-state index is 10.3.